The van der Waals surface area contributed by atoms with Crippen LogP contribution < -0.4 is 15.4 Å². The smallest absolute Gasteiger partial charge is 0.243 e. The fraction of sp³-hybridized carbons (Fsp3) is 0.409. The first kappa shape index (κ1) is 19.8. The molecule has 0 saturated carbocycles. The highest BCUT2D eigenvalue weighted by molar-refractivity contribution is 5.93. The van der Waals surface area contributed by atoms with Crippen LogP contribution in [0.4, 0.5) is 11.4 Å². The van der Waals surface area contributed by atoms with E-state index in [1.54, 1.807) is 0 Å². The third-order valence-corrected chi connectivity index (χ3v) is 4.08. The molecular formula is C22H30N2O2. The van der Waals surface area contributed by atoms with Crippen LogP contribution in [0.1, 0.15) is 43.7 Å². The maximum absolute atomic E-state index is 12.1. The van der Waals surface area contributed by atoms with Crippen molar-refractivity contribution in [3.8, 4) is 5.75 Å². The minimum atomic E-state index is -0.0637. The maximum atomic E-state index is 12.1. The Morgan fingerprint density at radius 2 is 1.62 bits per heavy atom. The van der Waals surface area contributed by atoms with Crippen molar-refractivity contribution < 1.29 is 9.53 Å². The number of anilines is 2. The van der Waals surface area contributed by atoms with Crippen molar-refractivity contribution in [1.82, 2.24) is 0 Å². The van der Waals surface area contributed by atoms with Gasteiger partial charge in [0.1, 0.15) is 5.75 Å². The van der Waals surface area contributed by atoms with Gasteiger partial charge in [-0.2, -0.15) is 0 Å². The molecular weight excluding hydrogens is 324 g/mol. The maximum Gasteiger partial charge on any atom is 0.243 e. The summed E-state index contributed by atoms with van der Waals surface area (Å²) in [4.78, 5) is 12.1. The molecule has 0 aromatic heterocycles. The zero-order chi connectivity index (χ0) is 18.8. The van der Waals surface area contributed by atoms with E-state index in [-0.39, 0.29) is 12.5 Å². The number of carbonyl (C=O) groups excluding carboxylic acids is 1. The van der Waals surface area contributed by atoms with Crippen LogP contribution in [0.5, 0.6) is 5.75 Å². The summed E-state index contributed by atoms with van der Waals surface area (Å²) in [5.74, 6) is 0.804. The van der Waals surface area contributed by atoms with Gasteiger partial charge in [0.15, 0.2) is 0 Å². The summed E-state index contributed by atoms with van der Waals surface area (Å²) in [5.41, 5.74) is 4.01. The number of rotatable bonds is 10. The number of hydrogen-bond acceptors (Lipinski definition) is 3. The van der Waals surface area contributed by atoms with Crippen molar-refractivity contribution in [3.05, 3.63) is 53.6 Å². The standard InChI is InChI=1S/C22H30N2O2/c1-4-5-6-7-12-26-21-10-8-19(9-11-21)23-16-22(25)24-20-14-17(2)13-18(3)15-20/h8-11,13-15,23H,4-7,12,16H2,1-3H3,(H,24,25). The van der Waals surface area contributed by atoms with Crippen LogP contribution in [-0.2, 0) is 4.79 Å². The number of aryl methyl sites for hydroxylation is 2. The van der Waals surface area contributed by atoms with Crippen LogP contribution in [-0.4, -0.2) is 19.1 Å². The van der Waals surface area contributed by atoms with Crippen LogP contribution in [0.15, 0.2) is 42.5 Å². The van der Waals surface area contributed by atoms with Crippen molar-refractivity contribution >= 4 is 17.3 Å². The Morgan fingerprint density at radius 3 is 2.27 bits per heavy atom. The van der Waals surface area contributed by atoms with E-state index in [1.807, 2.05) is 50.2 Å². The lowest BCUT2D eigenvalue weighted by molar-refractivity contribution is -0.114. The molecule has 0 fully saturated rings. The van der Waals surface area contributed by atoms with E-state index in [2.05, 4.69) is 23.6 Å². The van der Waals surface area contributed by atoms with Gasteiger partial charge in [-0.25, -0.2) is 0 Å². The Hall–Kier alpha value is -2.49. The van der Waals surface area contributed by atoms with Gasteiger partial charge in [-0.15, -0.1) is 0 Å². The number of carbonyl (C=O) groups is 1. The van der Waals surface area contributed by atoms with Crippen LogP contribution in [0.25, 0.3) is 0 Å². The molecule has 26 heavy (non-hydrogen) atoms. The Labute approximate surface area is 157 Å². The van der Waals surface area contributed by atoms with E-state index in [4.69, 9.17) is 4.74 Å². The highest BCUT2D eigenvalue weighted by atomic mass is 16.5. The number of unbranched alkanes of at least 4 members (excludes halogenated alkanes) is 3. The van der Waals surface area contributed by atoms with Crippen molar-refractivity contribution in [2.24, 2.45) is 0 Å². The van der Waals surface area contributed by atoms with Gasteiger partial charge in [-0.1, -0.05) is 32.3 Å². The molecule has 2 aromatic rings. The van der Waals surface area contributed by atoms with Crippen molar-refractivity contribution in [1.29, 1.82) is 0 Å². The molecule has 0 radical (unpaired) electrons. The molecule has 0 aliphatic rings. The summed E-state index contributed by atoms with van der Waals surface area (Å²) in [7, 11) is 0. The SMILES string of the molecule is CCCCCCOc1ccc(NCC(=O)Nc2cc(C)cc(C)c2)cc1. The molecule has 0 atom stereocenters. The molecule has 0 heterocycles. The Morgan fingerprint density at radius 1 is 0.923 bits per heavy atom. The van der Waals surface area contributed by atoms with Gasteiger partial charge in [0.05, 0.1) is 13.2 Å². The second-order valence-corrected chi connectivity index (χ2v) is 6.71. The number of hydrogen-bond donors (Lipinski definition) is 2. The van der Waals surface area contributed by atoms with Gasteiger partial charge in [0.2, 0.25) is 5.91 Å². The predicted octanol–water partition coefficient (Wildman–Crippen LogP) is 5.31. The zero-order valence-electron chi connectivity index (χ0n) is 16.1. The van der Waals surface area contributed by atoms with Crippen LogP contribution in [0.3, 0.4) is 0 Å². The summed E-state index contributed by atoms with van der Waals surface area (Å²) in [6, 6.07) is 13.8. The van der Waals surface area contributed by atoms with E-state index in [1.165, 1.54) is 19.3 Å². The minimum absolute atomic E-state index is 0.0637. The van der Waals surface area contributed by atoms with Gasteiger partial charge in [-0.05, 0) is 67.8 Å². The molecule has 0 unspecified atom stereocenters. The monoisotopic (exact) mass is 354 g/mol. The number of ether oxygens (including phenoxy) is 1. The molecule has 0 bridgehead atoms. The normalized spacial score (nSPS) is 10.4. The lowest BCUT2D eigenvalue weighted by Crippen LogP contribution is -2.21. The van der Waals surface area contributed by atoms with E-state index in [0.717, 1.165) is 41.3 Å². The molecule has 2 aromatic carbocycles. The van der Waals surface area contributed by atoms with Gasteiger partial charge < -0.3 is 15.4 Å². The summed E-state index contributed by atoms with van der Waals surface area (Å²) in [6.45, 7) is 7.23. The predicted molar refractivity (Wildman–Crippen MR) is 109 cm³/mol. The van der Waals surface area contributed by atoms with Gasteiger partial charge in [0.25, 0.3) is 0 Å². The molecule has 2 rings (SSSR count). The second kappa shape index (κ2) is 10.5. The zero-order valence-corrected chi connectivity index (χ0v) is 16.1. The summed E-state index contributed by atoms with van der Waals surface area (Å²) in [6.07, 6.45) is 4.80. The molecule has 4 nitrogen and oxygen atoms in total. The molecule has 0 aliphatic heterocycles. The van der Waals surface area contributed by atoms with Crippen LogP contribution in [0.2, 0.25) is 0 Å². The third kappa shape index (κ3) is 7.18. The molecule has 0 saturated heterocycles. The van der Waals surface area contributed by atoms with E-state index < -0.39 is 0 Å². The largest absolute Gasteiger partial charge is 0.494 e. The van der Waals surface area contributed by atoms with Crippen LogP contribution >= 0.6 is 0 Å². The third-order valence-electron chi connectivity index (χ3n) is 4.08. The summed E-state index contributed by atoms with van der Waals surface area (Å²) >= 11 is 0. The van der Waals surface area contributed by atoms with Gasteiger partial charge in [-0.3, -0.25) is 4.79 Å². The van der Waals surface area contributed by atoms with E-state index >= 15 is 0 Å². The molecule has 1 amide bonds. The van der Waals surface area contributed by atoms with Crippen molar-refractivity contribution in [2.45, 2.75) is 46.5 Å². The van der Waals surface area contributed by atoms with E-state index in [9.17, 15) is 4.79 Å². The average molecular weight is 354 g/mol. The second-order valence-electron chi connectivity index (χ2n) is 6.71. The number of amides is 1. The first-order valence-electron chi connectivity index (χ1n) is 9.41. The Kier molecular flexibility index (Phi) is 8.00. The fourth-order valence-electron chi connectivity index (χ4n) is 2.82. The van der Waals surface area contributed by atoms with Crippen LogP contribution in [0, 0.1) is 13.8 Å². The quantitative estimate of drug-likeness (QED) is 0.568. The van der Waals surface area contributed by atoms with Crippen molar-refractivity contribution in [3.63, 3.8) is 0 Å². The summed E-state index contributed by atoms with van der Waals surface area (Å²) in [5, 5.41) is 6.06. The fourth-order valence-corrected chi connectivity index (χ4v) is 2.82. The highest BCUT2D eigenvalue weighted by Gasteiger charge is 2.04. The minimum Gasteiger partial charge on any atom is -0.494 e. The molecule has 140 valence electrons. The van der Waals surface area contributed by atoms with Crippen molar-refractivity contribution in [2.75, 3.05) is 23.8 Å². The molecule has 0 aliphatic carbocycles. The topological polar surface area (TPSA) is 50.4 Å². The average Bonchev–Trinajstić information content (AvgIpc) is 2.60. The molecule has 0 spiro atoms. The van der Waals surface area contributed by atoms with Gasteiger partial charge in [0, 0.05) is 11.4 Å². The lowest BCUT2D eigenvalue weighted by Gasteiger charge is -2.10. The van der Waals surface area contributed by atoms with Gasteiger partial charge >= 0.3 is 0 Å². The Bertz CT molecular complexity index is 676. The lowest BCUT2D eigenvalue weighted by atomic mass is 10.1. The first-order chi connectivity index (χ1) is 12.6. The number of nitrogens with one attached hydrogen (secondary N) is 2. The molecule has 4 heteroatoms. The highest BCUT2D eigenvalue weighted by Crippen LogP contribution is 2.17. The first-order valence-corrected chi connectivity index (χ1v) is 9.41. The molecule has 2 N–H and O–H groups in total. The Balaban J connectivity index is 1.74. The summed E-state index contributed by atoms with van der Waals surface area (Å²) < 4.78 is 5.73. The number of benzene rings is 2. The van der Waals surface area contributed by atoms with E-state index in [0.29, 0.717) is 0 Å².